The smallest absolute Gasteiger partial charge is 0.189 e. The molecule has 0 aromatic heterocycles. The molecule has 0 amide bonds. The first kappa shape index (κ1) is 14.9. The van der Waals surface area contributed by atoms with Gasteiger partial charge in [0.25, 0.3) is 0 Å². The molecule has 1 rings (SSSR count). The minimum absolute atomic E-state index is 0.0788. The fourth-order valence-electron chi connectivity index (χ4n) is 1.89. The Morgan fingerprint density at radius 2 is 1.12 bits per heavy atom. The Kier molecular flexibility index (Phi) is 5.82. The summed E-state index contributed by atoms with van der Waals surface area (Å²) in [5.74, 6) is 0. The number of methoxy groups -OCH3 is 2. The Balaban J connectivity index is 2.75. The third-order valence-corrected chi connectivity index (χ3v) is 2.45. The first-order valence-electron chi connectivity index (χ1n) is 6.01. The molecule has 5 nitrogen and oxygen atoms in total. The second-order valence-electron chi connectivity index (χ2n) is 4.64. The lowest BCUT2D eigenvalue weighted by Gasteiger charge is -2.26. The van der Waals surface area contributed by atoms with E-state index in [9.17, 15) is 0 Å². The lowest BCUT2D eigenvalue weighted by molar-refractivity contribution is -0.212. The van der Waals surface area contributed by atoms with Crippen molar-refractivity contribution in [2.75, 3.05) is 14.2 Å². The fraction of sp³-hybridized carbons (Fsp3) is 1.00. The van der Waals surface area contributed by atoms with E-state index in [0.29, 0.717) is 0 Å². The fourth-order valence-corrected chi connectivity index (χ4v) is 1.89. The van der Waals surface area contributed by atoms with Crippen molar-refractivity contribution in [2.45, 2.75) is 64.7 Å². The van der Waals surface area contributed by atoms with Gasteiger partial charge in [-0.1, -0.05) is 0 Å². The Hall–Kier alpha value is -0.200. The minimum atomic E-state index is -0.453. The largest absolute Gasteiger partial charge is 0.367 e. The number of rotatable bonds is 6. The molecule has 4 atom stereocenters. The molecule has 1 heterocycles. The van der Waals surface area contributed by atoms with Gasteiger partial charge in [0, 0.05) is 14.2 Å². The van der Waals surface area contributed by atoms with Crippen molar-refractivity contribution in [1.29, 1.82) is 0 Å². The van der Waals surface area contributed by atoms with Gasteiger partial charge in [-0.15, -0.1) is 0 Å². The van der Waals surface area contributed by atoms with Crippen LogP contribution in [-0.4, -0.2) is 51.2 Å². The SMILES string of the molecule is CO[C@H]1O[C@@H](OC)[C@H](OC(C)C)[C@@H]1OC(C)C. The summed E-state index contributed by atoms with van der Waals surface area (Å²) in [6, 6.07) is 0. The Morgan fingerprint density at radius 1 is 0.765 bits per heavy atom. The lowest BCUT2D eigenvalue weighted by atomic mass is 10.2. The predicted molar refractivity (Wildman–Crippen MR) is 62.7 cm³/mol. The van der Waals surface area contributed by atoms with Gasteiger partial charge < -0.3 is 23.7 Å². The molecule has 0 saturated carbocycles. The monoisotopic (exact) mass is 248 g/mol. The average Bonchev–Trinajstić information content (AvgIpc) is 2.55. The average molecular weight is 248 g/mol. The molecule has 0 aromatic carbocycles. The van der Waals surface area contributed by atoms with E-state index in [1.807, 2.05) is 27.7 Å². The van der Waals surface area contributed by atoms with E-state index in [1.54, 1.807) is 14.2 Å². The van der Waals surface area contributed by atoms with Crippen LogP contribution < -0.4 is 0 Å². The van der Waals surface area contributed by atoms with Crippen LogP contribution in [0.4, 0.5) is 0 Å². The summed E-state index contributed by atoms with van der Waals surface area (Å²) >= 11 is 0. The van der Waals surface area contributed by atoms with E-state index >= 15 is 0 Å². The van der Waals surface area contributed by atoms with Gasteiger partial charge in [0.15, 0.2) is 12.6 Å². The number of hydrogen-bond donors (Lipinski definition) is 0. The minimum Gasteiger partial charge on any atom is -0.367 e. The molecule has 5 heteroatoms. The second kappa shape index (κ2) is 6.66. The van der Waals surface area contributed by atoms with Crippen molar-refractivity contribution < 1.29 is 23.7 Å². The van der Waals surface area contributed by atoms with Gasteiger partial charge in [0.05, 0.1) is 12.2 Å². The van der Waals surface area contributed by atoms with Crippen molar-refractivity contribution in [3.05, 3.63) is 0 Å². The summed E-state index contributed by atoms with van der Waals surface area (Å²) in [7, 11) is 3.18. The molecule has 0 bridgehead atoms. The highest BCUT2D eigenvalue weighted by molar-refractivity contribution is 4.85. The van der Waals surface area contributed by atoms with Crippen LogP contribution >= 0.6 is 0 Å². The number of ether oxygens (including phenoxy) is 5. The zero-order valence-electron chi connectivity index (χ0n) is 11.5. The molecule has 1 aliphatic heterocycles. The van der Waals surface area contributed by atoms with Crippen LogP contribution in [0, 0.1) is 0 Å². The van der Waals surface area contributed by atoms with Crippen LogP contribution in [-0.2, 0) is 23.7 Å². The van der Waals surface area contributed by atoms with Gasteiger partial charge in [0.2, 0.25) is 0 Å². The van der Waals surface area contributed by atoms with Gasteiger partial charge in [0.1, 0.15) is 12.2 Å². The first-order valence-corrected chi connectivity index (χ1v) is 6.01. The zero-order chi connectivity index (χ0) is 13.0. The molecule has 0 N–H and O–H groups in total. The van der Waals surface area contributed by atoms with Crippen molar-refractivity contribution in [3.63, 3.8) is 0 Å². The van der Waals surface area contributed by atoms with Gasteiger partial charge in [-0.3, -0.25) is 0 Å². The summed E-state index contributed by atoms with van der Waals surface area (Å²) in [5, 5.41) is 0. The van der Waals surface area contributed by atoms with Crippen LogP contribution in [0.3, 0.4) is 0 Å². The van der Waals surface area contributed by atoms with Crippen molar-refractivity contribution >= 4 is 0 Å². The molecular weight excluding hydrogens is 224 g/mol. The quantitative estimate of drug-likeness (QED) is 0.713. The van der Waals surface area contributed by atoms with E-state index in [2.05, 4.69) is 0 Å². The molecule has 102 valence electrons. The van der Waals surface area contributed by atoms with E-state index in [-0.39, 0.29) is 24.4 Å². The van der Waals surface area contributed by atoms with Crippen LogP contribution in [0.5, 0.6) is 0 Å². The highest BCUT2D eigenvalue weighted by Crippen LogP contribution is 2.29. The predicted octanol–water partition coefficient (Wildman–Crippen LogP) is 1.55. The van der Waals surface area contributed by atoms with Crippen molar-refractivity contribution in [1.82, 2.24) is 0 Å². The van der Waals surface area contributed by atoms with Crippen molar-refractivity contribution in [2.24, 2.45) is 0 Å². The molecule has 0 unspecified atom stereocenters. The summed E-state index contributed by atoms with van der Waals surface area (Å²) in [4.78, 5) is 0. The summed E-state index contributed by atoms with van der Waals surface area (Å²) in [6.45, 7) is 7.89. The third kappa shape index (κ3) is 3.89. The molecule has 17 heavy (non-hydrogen) atoms. The highest BCUT2D eigenvalue weighted by atomic mass is 16.8. The molecular formula is C12H24O5. The second-order valence-corrected chi connectivity index (χ2v) is 4.64. The summed E-state index contributed by atoms with van der Waals surface area (Å²) in [6.07, 6.45) is -1.29. The van der Waals surface area contributed by atoms with Gasteiger partial charge in [-0.25, -0.2) is 0 Å². The van der Waals surface area contributed by atoms with E-state index < -0.39 is 12.6 Å². The standard InChI is InChI=1S/C12H24O5/c1-7(2)15-9-10(16-8(3)4)12(14-6)17-11(9)13-5/h7-12H,1-6H3/t9-,10+,11-,12+. The summed E-state index contributed by atoms with van der Waals surface area (Å²) in [5.41, 5.74) is 0. The van der Waals surface area contributed by atoms with Gasteiger partial charge >= 0.3 is 0 Å². The molecule has 1 fully saturated rings. The lowest BCUT2D eigenvalue weighted by Crippen LogP contribution is -2.41. The molecule has 0 aromatic rings. The Labute approximate surface area is 103 Å². The van der Waals surface area contributed by atoms with E-state index in [1.165, 1.54) is 0 Å². The van der Waals surface area contributed by atoms with Crippen LogP contribution in [0.1, 0.15) is 27.7 Å². The van der Waals surface area contributed by atoms with Crippen molar-refractivity contribution in [3.8, 4) is 0 Å². The number of hydrogen-bond acceptors (Lipinski definition) is 5. The highest BCUT2D eigenvalue weighted by Gasteiger charge is 2.47. The topological polar surface area (TPSA) is 46.2 Å². The maximum absolute atomic E-state index is 5.81. The first-order chi connectivity index (χ1) is 7.99. The molecule has 1 aliphatic rings. The van der Waals surface area contributed by atoms with Crippen LogP contribution in [0.15, 0.2) is 0 Å². The summed E-state index contributed by atoms with van der Waals surface area (Å²) < 4.78 is 27.7. The molecule has 0 aliphatic carbocycles. The van der Waals surface area contributed by atoms with Gasteiger partial charge in [-0.2, -0.15) is 0 Å². The third-order valence-electron chi connectivity index (χ3n) is 2.45. The van der Waals surface area contributed by atoms with E-state index in [4.69, 9.17) is 23.7 Å². The van der Waals surface area contributed by atoms with Crippen LogP contribution in [0.2, 0.25) is 0 Å². The van der Waals surface area contributed by atoms with Crippen LogP contribution in [0.25, 0.3) is 0 Å². The van der Waals surface area contributed by atoms with E-state index in [0.717, 1.165) is 0 Å². The normalized spacial score (nSPS) is 33.9. The molecule has 1 saturated heterocycles. The van der Waals surface area contributed by atoms with Gasteiger partial charge in [-0.05, 0) is 27.7 Å². The molecule has 0 radical (unpaired) electrons. The Morgan fingerprint density at radius 3 is 1.35 bits per heavy atom. The Bertz CT molecular complexity index is 197. The maximum Gasteiger partial charge on any atom is 0.189 e. The maximum atomic E-state index is 5.81. The molecule has 0 spiro atoms. The zero-order valence-corrected chi connectivity index (χ0v) is 11.5.